The van der Waals surface area contributed by atoms with Crippen molar-refractivity contribution in [2.75, 3.05) is 24.7 Å². The molecule has 1 N–H and O–H groups in total. The monoisotopic (exact) mass is 364 g/mol. The highest BCUT2D eigenvalue weighted by molar-refractivity contribution is 8.00. The predicted molar refractivity (Wildman–Crippen MR) is 94.5 cm³/mol. The summed E-state index contributed by atoms with van der Waals surface area (Å²) in [6.07, 6.45) is 0. The Morgan fingerprint density at radius 1 is 1.12 bits per heavy atom. The number of nitrogens with one attached hydrogen (secondary N) is 1. The highest BCUT2D eigenvalue weighted by Crippen LogP contribution is 2.22. The molecular formula is C18H18F2N2O2S. The van der Waals surface area contributed by atoms with E-state index >= 15 is 0 Å². The van der Waals surface area contributed by atoms with Gasteiger partial charge in [-0.3, -0.25) is 9.59 Å². The van der Waals surface area contributed by atoms with Crippen molar-refractivity contribution in [3.05, 3.63) is 59.7 Å². The SMILES string of the molecule is Cc1ccc(NC(=O)CN(C)C(=O)CSc2ccc(F)cc2F)cc1. The van der Waals surface area contributed by atoms with Crippen LogP contribution in [-0.2, 0) is 9.59 Å². The van der Waals surface area contributed by atoms with E-state index in [0.717, 1.165) is 29.5 Å². The van der Waals surface area contributed by atoms with Crippen LogP contribution in [-0.4, -0.2) is 36.1 Å². The number of likely N-dealkylation sites (N-methyl/N-ethyl adjacent to an activating group) is 1. The van der Waals surface area contributed by atoms with Gasteiger partial charge in [0.1, 0.15) is 11.6 Å². The van der Waals surface area contributed by atoms with Crippen molar-refractivity contribution in [1.29, 1.82) is 0 Å². The molecule has 0 fully saturated rings. The minimum atomic E-state index is -0.711. The van der Waals surface area contributed by atoms with Gasteiger partial charge in [0.25, 0.3) is 0 Å². The fourth-order valence-electron chi connectivity index (χ4n) is 1.98. The van der Waals surface area contributed by atoms with Crippen LogP contribution in [0.2, 0.25) is 0 Å². The van der Waals surface area contributed by atoms with E-state index in [1.807, 2.05) is 19.1 Å². The number of halogens is 2. The number of carbonyl (C=O) groups is 2. The lowest BCUT2D eigenvalue weighted by Gasteiger charge is -2.16. The standard InChI is InChI=1S/C18H18F2N2O2S/c1-12-3-6-14(7-4-12)21-17(23)10-22(2)18(24)11-25-16-8-5-13(19)9-15(16)20/h3-9H,10-11H2,1-2H3,(H,21,23). The molecule has 0 saturated heterocycles. The van der Waals surface area contributed by atoms with E-state index in [2.05, 4.69) is 5.32 Å². The number of nitrogens with zero attached hydrogens (tertiary/aromatic N) is 1. The summed E-state index contributed by atoms with van der Waals surface area (Å²) in [4.78, 5) is 25.5. The largest absolute Gasteiger partial charge is 0.336 e. The summed E-state index contributed by atoms with van der Waals surface area (Å²) in [6.45, 7) is 1.83. The molecule has 2 aromatic carbocycles. The van der Waals surface area contributed by atoms with Crippen LogP contribution >= 0.6 is 11.8 Å². The summed E-state index contributed by atoms with van der Waals surface area (Å²) in [5.41, 5.74) is 1.73. The highest BCUT2D eigenvalue weighted by Gasteiger charge is 2.14. The molecule has 0 atom stereocenters. The molecule has 0 aliphatic carbocycles. The molecule has 7 heteroatoms. The lowest BCUT2D eigenvalue weighted by Crippen LogP contribution is -2.35. The molecule has 4 nitrogen and oxygen atoms in total. The first-order valence-electron chi connectivity index (χ1n) is 7.53. The topological polar surface area (TPSA) is 49.4 Å². The van der Waals surface area contributed by atoms with Gasteiger partial charge in [0.2, 0.25) is 11.8 Å². The Balaban J connectivity index is 1.82. The molecule has 0 saturated carbocycles. The predicted octanol–water partition coefficient (Wildman–Crippen LogP) is 3.46. The van der Waals surface area contributed by atoms with Crippen molar-refractivity contribution in [1.82, 2.24) is 4.90 Å². The van der Waals surface area contributed by atoms with Crippen LogP contribution in [0.25, 0.3) is 0 Å². The third kappa shape index (κ3) is 5.86. The maximum absolute atomic E-state index is 13.5. The van der Waals surface area contributed by atoms with Gasteiger partial charge in [-0.25, -0.2) is 8.78 Å². The summed E-state index contributed by atoms with van der Waals surface area (Å²) < 4.78 is 26.4. The van der Waals surface area contributed by atoms with Crippen molar-refractivity contribution in [2.45, 2.75) is 11.8 Å². The van der Waals surface area contributed by atoms with Crippen molar-refractivity contribution in [3.63, 3.8) is 0 Å². The summed E-state index contributed by atoms with van der Waals surface area (Å²) in [7, 11) is 1.50. The van der Waals surface area contributed by atoms with Crippen molar-refractivity contribution < 1.29 is 18.4 Å². The number of hydrogen-bond donors (Lipinski definition) is 1. The first-order chi connectivity index (χ1) is 11.8. The Morgan fingerprint density at radius 3 is 2.44 bits per heavy atom. The minimum Gasteiger partial charge on any atom is -0.336 e. The van der Waals surface area contributed by atoms with Crippen LogP contribution in [0, 0.1) is 18.6 Å². The number of thioether (sulfide) groups is 1. The number of anilines is 1. The summed E-state index contributed by atoms with van der Waals surface area (Å²) in [5.74, 6) is -2.07. The van der Waals surface area contributed by atoms with Crippen molar-refractivity contribution >= 4 is 29.3 Å². The molecule has 0 unspecified atom stereocenters. The van der Waals surface area contributed by atoms with Crippen molar-refractivity contribution in [3.8, 4) is 0 Å². The van der Waals surface area contributed by atoms with Crippen LogP contribution in [0.1, 0.15) is 5.56 Å². The molecular weight excluding hydrogens is 346 g/mol. The molecule has 0 bridgehead atoms. The summed E-state index contributed by atoms with van der Waals surface area (Å²) in [5, 5.41) is 2.70. The number of aryl methyl sites for hydroxylation is 1. The Kier molecular flexibility index (Phi) is 6.52. The second kappa shape index (κ2) is 8.62. The molecule has 0 heterocycles. The summed E-state index contributed by atoms with van der Waals surface area (Å²) in [6, 6.07) is 10.5. The van der Waals surface area contributed by atoms with Crippen LogP contribution in [0.5, 0.6) is 0 Å². The van der Waals surface area contributed by atoms with Gasteiger partial charge in [0, 0.05) is 23.7 Å². The van der Waals surface area contributed by atoms with Crippen molar-refractivity contribution in [2.24, 2.45) is 0 Å². The molecule has 2 aromatic rings. The first kappa shape index (κ1) is 18.9. The number of hydrogen-bond acceptors (Lipinski definition) is 3. The number of amides is 2. The lowest BCUT2D eigenvalue weighted by atomic mass is 10.2. The average molecular weight is 364 g/mol. The third-order valence-electron chi connectivity index (χ3n) is 3.39. The van der Waals surface area contributed by atoms with Crippen LogP contribution in [0.3, 0.4) is 0 Å². The Labute approximate surface area is 149 Å². The van der Waals surface area contributed by atoms with E-state index in [9.17, 15) is 18.4 Å². The van der Waals surface area contributed by atoms with Gasteiger partial charge in [0.15, 0.2) is 0 Å². The van der Waals surface area contributed by atoms with Gasteiger partial charge in [-0.1, -0.05) is 17.7 Å². The second-order valence-corrected chi connectivity index (χ2v) is 6.54. The first-order valence-corrected chi connectivity index (χ1v) is 8.52. The Hall–Kier alpha value is -2.41. The fourth-order valence-corrected chi connectivity index (χ4v) is 2.84. The molecule has 0 aromatic heterocycles. The van der Waals surface area contributed by atoms with E-state index in [0.29, 0.717) is 5.69 Å². The van der Waals surface area contributed by atoms with Gasteiger partial charge < -0.3 is 10.2 Å². The Bertz CT molecular complexity index is 766. The smallest absolute Gasteiger partial charge is 0.243 e. The minimum absolute atomic E-state index is 0.0448. The fraction of sp³-hybridized carbons (Fsp3) is 0.222. The molecule has 0 spiro atoms. The second-order valence-electron chi connectivity index (χ2n) is 5.53. The van der Waals surface area contributed by atoms with E-state index in [-0.39, 0.29) is 29.0 Å². The molecule has 2 rings (SSSR count). The number of carbonyl (C=O) groups excluding carboxylic acids is 2. The third-order valence-corrected chi connectivity index (χ3v) is 4.42. The maximum Gasteiger partial charge on any atom is 0.243 e. The molecule has 25 heavy (non-hydrogen) atoms. The molecule has 132 valence electrons. The highest BCUT2D eigenvalue weighted by atomic mass is 32.2. The van der Waals surface area contributed by atoms with Crippen LogP contribution in [0.15, 0.2) is 47.4 Å². The lowest BCUT2D eigenvalue weighted by molar-refractivity contribution is -0.131. The van der Waals surface area contributed by atoms with Gasteiger partial charge in [-0.05, 0) is 31.2 Å². The van der Waals surface area contributed by atoms with E-state index in [1.165, 1.54) is 18.0 Å². The van der Waals surface area contributed by atoms with Gasteiger partial charge in [0.05, 0.1) is 12.3 Å². The zero-order valence-electron chi connectivity index (χ0n) is 13.9. The molecule has 0 radical (unpaired) electrons. The number of rotatable bonds is 6. The zero-order chi connectivity index (χ0) is 18.4. The maximum atomic E-state index is 13.5. The van der Waals surface area contributed by atoms with E-state index in [4.69, 9.17) is 0 Å². The van der Waals surface area contributed by atoms with E-state index < -0.39 is 11.6 Å². The van der Waals surface area contributed by atoms with Gasteiger partial charge in [-0.2, -0.15) is 0 Å². The molecule has 0 aliphatic heterocycles. The normalized spacial score (nSPS) is 10.4. The van der Waals surface area contributed by atoms with Crippen LogP contribution in [0.4, 0.5) is 14.5 Å². The Morgan fingerprint density at radius 2 is 1.80 bits per heavy atom. The molecule has 0 aliphatic rings. The van der Waals surface area contributed by atoms with Gasteiger partial charge >= 0.3 is 0 Å². The quantitative estimate of drug-likeness (QED) is 0.799. The number of benzene rings is 2. The van der Waals surface area contributed by atoms with E-state index in [1.54, 1.807) is 12.1 Å². The summed E-state index contributed by atoms with van der Waals surface area (Å²) >= 11 is 0.960. The van der Waals surface area contributed by atoms with Gasteiger partial charge in [-0.15, -0.1) is 11.8 Å². The molecule has 2 amide bonds. The zero-order valence-corrected chi connectivity index (χ0v) is 14.7. The average Bonchev–Trinajstić information content (AvgIpc) is 2.55. The van der Waals surface area contributed by atoms with Crippen LogP contribution < -0.4 is 5.32 Å².